The molecule has 0 atom stereocenters. The Hall–Kier alpha value is -4.12. The van der Waals surface area contributed by atoms with E-state index in [0.29, 0.717) is 35.2 Å². The van der Waals surface area contributed by atoms with Crippen LogP contribution >= 0.6 is 0 Å². The number of aliphatic hydroxyl groups is 1. The van der Waals surface area contributed by atoms with Gasteiger partial charge in [-0.25, -0.2) is 4.39 Å². The number of aliphatic hydroxyl groups excluding tert-OH is 1. The Morgan fingerprint density at radius 2 is 1.92 bits per heavy atom. The third-order valence-electron chi connectivity index (χ3n) is 6.21. The lowest BCUT2D eigenvalue weighted by atomic mass is 9.98. The fourth-order valence-corrected chi connectivity index (χ4v) is 4.20. The number of aryl methyl sites for hydroxylation is 1. The lowest BCUT2D eigenvalue weighted by Gasteiger charge is -2.19. The molecule has 1 aliphatic carbocycles. The van der Waals surface area contributed by atoms with E-state index >= 15 is 0 Å². The predicted octanol–water partition coefficient (Wildman–Crippen LogP) is 6.62. The molecule has 1 aliphatic rings. The van der Waals surface area contributed by atoms with Crippen molar-refractivity contribution in [3.63, 3.8) is 0 Å². The number of amides is 1. The Balaban J connectivity index is 1.54. The molecule has 3 N–H and O–H groups in total. The van der Waals surface area contributed by atoms with Gasteiger partial charge in [0, 0.05) is 12.2 Å². The van der Waals surface area contributed by atoms with E-state index in [1.807, 2.05) is 0 Å². The highest BCUT2D eigenvalue weighted by Gasteiger charge is 2.40. The van der Waals surface area contributed by atoms with Crippen LogP contribution in [0.15, 0.2) is 53.1 Å². The van der Waals surface area contributed by atoms with Gasteiger partial charge >= 0.3 is 6.18 Å². The number of alkyl halides is 3. The van der Waals surface area contributed by atoms with Crippen LogP contribution < -0.4 is 15.4 Å². The molecule has 1 amide bonds. The number of benzene rings is 3. The summed E-state index contributed by atoms with van der Waals surface area (Å²) in [4.78, 5) is 13.4. The molecule has 7 nitrogen and oxygen atoms in total. The summed E-state index contributed by atoms with van der Waals surface area (Å²) < 4.78 is 66.7. The molecule has 198 valence electrons. The highest BCUT2D eigenvalue weighted by Crippen LogP contribution is 2.48. The molecule has 11 heteroatoms. The van der Waals surface area contributed by atoms with Crippen LogP contribution in [0.4, 0.5) is 29.1 Å². The molecule has 0 spiro atoms. The number of hydrogen-bond acceptors (Lipinski definition) is 6. The van der Waals surface area contributed by atoms with Gasteiger partial charge in [0.25, 0.3) is 5.91 Å². The van der Waals surface area contributed by atoms with E-state index in [-0.39, 0.29) is 47.4 Å². The smallest absolute Gasteiger partial charge is 0.416 e. The van der Waals surface area contributed by atoms with E-state index in [1.54, 1.807) is 19.1 Å². The molecule has 0 radical (unpaired) electrons. The van der Waals surface area contributed by atoms with Crippen LogP contribution in [-0.2, 0) is 6.18 Å². The summed E-state index contributed by atoms with van der Waals surface area (Å²) in [5, 5.41) is 18.9. The summed E-state index contributed by atoms with van der Waals surface area (Å²) in [5.41, 5.74) is -0.0407. The fourth-order valence-electron chi connectivity index (χ4n) is 4.20. The van der Waals surface area contributed by atoms with Gasteiger partial charge in [-0.1, -0.05) is 5.16 Å². The van der Waals surface area contributed by atoms with E-state index in [9.17, 15) is 22.4 Å². The zero-order chi connectivity index (χ0) is 27.0. The van der Waals surface area contributed by atoms with Crippen LogP contribution in [0.2, 0.25) is 0 Å². The molecular weight excluding hydrogens is 506 g/mol. The highest BCUT2D eigenvalue weighted by molar-refractivity contribution is 6.07. The Bertz CT molecular complexity index is 1510. The average molecular weight is 529 g/mol. The molecule has 5 rings (SSSR count). The lowest BCUT2D eigenvalue weighted by Crippen LogP contribution is -2.17. The van der Waals surface area contributed by atoms with Crippen LogP contribution in [0.5, 0.6) is 11.5 Å². The third-order valence-corrected chi connectivity index (χ3v) is 6.21. The van der Waals surface area contributed by atoms with Crippen molar-refractivity contribution in [3.05, 3.63) is 76.6 Å². The SMILES string of the molecule is Cc1cc(F)ccc1Oc1cc(C2CC2)c(C(F)(F)F)cc1C(=O)Nc1ccc2onc(NCCO)c2c1. The van der Waals surface area contributed by atoms with Gasteiger partial charge in [-0.05, 0) is 85.3 Å². The van der Waals surface area contributed by atoms with Crippen LogP contribution in [0.3, 0.4) is 0 Å². The van der Waals surface area contributed by atoms with Crippen molar-refractivity contribution in [2.24, 2.45) is 0 Å². The predicted molar refractivity (Wildman–Crippen MR) is 132 cm³/mol. The fraction of sp³-hybridized carbons (Fsp3) is 0.259. The van der Waals surface area contributed by atoms with Gasteiger partial charge < -0.3 is 25.0 Å². The molecule has 1 saturated carbocycles. The van der Waals surface area contributed by atoms with Crippen molar-refractivity contribution < 1.29 is 36.7 Å². The summed E-state index contributed by atoms with van der Waals surface area (Å²) >= 11 is 0. The number of hydrogen-bond donors (Lipinski definition) is 3. The van der Waals surface area contributed by atoms with E-state index in [1.165, 1.54) is 30.3 Å². The molecule has 4 aromatic rings. The Morgan fingerprint density at radius 1 is 1.13 bits per heavy atom. The maximum absolute atomic E-state index is 14.0. The van der Waals surface area contributed by atoms with Gasteiger partial charge in [0.05, 0.1) is 23.1 Å². The molecule has 38 heavy (non-hydrogen) atoms. The normalized spacial score (nSPS) is 13.5. The van der Waals surface area contributed by atoms with Crippen molar-refractivity contribution in [2.45, 2.75) is 31.9 Å². The molecule has 1 heterocycles. The molecule has 3 aromatic carbocycles. The summed E-state index contributed by atoms with van der Waals surface area (Å²) in [6.07, 6.45) is -3.46. The van der Waals surface area contributed by atoms with Crippen LogP contribution in [-0.4, -0.2) is 29.3 Å². The summed E-state index contributed by atoms with van der Waals surface area (Å²) in [7, 11) is 0. The monoisotopic (exact) mass is 529 g/mol. The van der Waals surface area contributed by atoms with Gasteiger partial charge in [0.15, 0.2) is 11.4 Å². The molecule has 0 saturated heterocycles. The largest absolute Gasteiger partial charge is 0.456 e. The molecule has 1 aromatic heterocycles. The second kappa shape index (κ2) is 9.97. The number of fused-ring (bicyclic) bond motifs is 1. The van der Waals surface area contributed by atoms with Crippen molar-refractivity contribution in [1.82, 2.24) is 5.16 Å². The molecule has 0 unspecified atom stereocenters. The maximum Gasteiger partial charge on any atom is 0.416 e. The molecule has 0 aliphatic heterocycles. The minimum atomic E-state index is -4.67. The first kappa shape index (κ1) is 25.5. The van der Waals surface area contributed by atoms with Crippen LogP contribution in [0.25, 0.3) is 11.0 Å². The van der Waals surface area contributed by atoms with Gasteiger partial charge in [-0.2, -0.15) is 13.2 Å². The Kier molecular flexibility index (Phi) is 6.70. The van der Waals surface area contributed by atoms with Crippen LogP contribution in [0, 0.1) is 12.7 Å². The molecular formula is C27H23F4N3O4. The summed E-state index contributed by atoms with van der Waals surface area (Å²) in [6, 6.07) is 10.5. The quantitative estimate of drug-likeness (QED) is 0.222. The van der Waals surface area contributed by atoms with Gasteiger partial charge in [0.1, 0.15) is 17.3 Å². The number of halogens is 4. The van der Waals surface area contributed by atoms with Crippen molar-refractivity contribution in [3.8, 4) is 11.5 Å². The standard InChI is InChI=1S/C27H23F4N3O4/c1-14-10-16(28)4-6-22(14)37-24-13-18(15-2-3-15)21(27(29,30)31)12-20(24)26(36)33-17-5-7-23-19(11-17)25(34-38-23)32-8-9-35/h4-7,10-13,15,35H,2-3,8-9H2,1H3,(H,32,34)(H,33,36). The van der Waals surface area contributed by atoms with Crippen LogP contribution in [0.1, 0.15) is 45.8 Å². The van der Waals surface area contributed by atoms with E-state index in [0.717, 1.165) is 6.07 Å². The molecule has 0 bridgehead atoms. The van der Waals surface area contributed by atoms with Gasteiger partial charge in [0.2, 0.25) is 0 Å². The summed E-state index contributed by atoms with van der Waals surface area (Å²) in [5.74, 6) is -1.10. The van der Waals surface area contributed by atoms with Crippen molar-refractivity contribution in [1.29, 1.82) is 0 Å². The highest BCUT2D eigenvalue weighted by atomic mass is 19.4. The number of carbonyl (C=O) groups is 1. The Labute approximate surface area is 214 Å². The second-order valence-corrected chi connectivity index (χ2v) is 9.07. The van der Waals surface area contributed by atoms with E-state index < -0.39 is 23.5 Å². The minimum Gasteiger partial charge on any atom is -0.456 e. The summed E-state index contributed by atoms with van der Waals surface area (Å²) in [6.45, 7) is 1.68. The third kappa shape index (κ3) is 5.28. The topological polar surface area (TPSA) is 96.6 Å². The lowest BCUT2D eigenvalue weighted by molar-refractivity contribution is -0.138. The number of anilines is 2. The second-order valence-electron chi connectivity index (χ2n) is 9.07. The number of carbonyl (C=O) groups excluding carboxylic acids is 1. The van der Waals surface area contributed by atoms with E-state index in [4.69, 9.17) is 14.4 Å². The van der Waals surface area contributed by atoms with E-state index in [2.05, 4.69) is 15.8 Å². The average Bonchev–Trinajstić information content (AvgIpc) is 3.64. The zero-order valence-electron chi connectivity index (χ0n) is 20.2. The number of ether oxygens (including phenoxy) is 1. The maximum atomic E-state index is 14.0. The minimum absolute atomic E-state index is 0.0642. The first-order chi connectivity index (χ1) is 18.1. The van der Waals surface area contributed by atoms with Crippen molar-refractivity contribution in [2.75, 3.05) is 23.8 Å². The Morgan fingerprint density at radius 3 is 2.61 bits per heavy atom. The number of nitrogens with zero attached hydrogens (tertiary/aromatic N) is 1. The number of aromatic nitrogens is 1. The molecule has 1 fully saturated rings. The van der Waals surface area contributed by atoms with Crippen molar-refractivity contribution >= 4 is 28.4 Å². The first-order valence-corrected chi connectivity index (χ1v) is 11.9. The number of nitrogens with one attached hydrogen (secondary N) is 2. The number of rotatable bonds is 8. The first-order valence-electron chi connectivity index (χ1n) is 11.9. The van der Waals surface area contributed by atoms with Gasteiger partial charge in [-0.3, -0.25) is 4.79 Å². The zero-order valence-corrected chi connectivity index (χ0v) is 20.2. The van der Waals surface area contributed by atoms with Gasteiger partial charge in [-0.15, -0.1) is 0 Å².